The number of amides is 3. The zero-order valence-corrected chi connectivity index (χ0v) is 14.0. The standard InChI is InChI=1S/C18H18N4O4/c23-16-9-8-14(21-22(16)13-5-2-1-3-6-13)17(24)19-10-11-20-18(25)15-7-4-12-26-15/h1-7,12H,8-11H2,(H,19,24)(H,20,25). The van der Waals surface area contributed by atoms with Crippen LogP contribution in [0, 0.1) is 0 Å². The predicted molar refractivity (Wildman–Crippen MR) is 94.6 cm³/mol. The summed E-state index contributed by atoms with van der Waals surface area (Å²) in [5, 5.41) is 10.7. The zero-order valence-electron chi connectivity index (χ0n) is 14.0. The first-order valence-corrected chi connectivity index (χ1v) is 8.20. The molecule has 8 heteroatoms. The Labute approximate surface area is 149 Å². The number of para-hydroxylation sites is 1. The van der Waals surface area contributed by atoms with Crippen LogP contribution in [-0.2, 0) is 9.59 Å². The average Bonchev–Trinajstić information content (AvgIpc) is 3.21. The first kappa shape index (κ1) is 17.4. The minimum absolute atomic E-state index is 0.154. The van der Waals surface area contributed by atoms with E-state index in [1.54, 1.807) is 36.4 Å². The van der Waals surface area contributed by atoms with E-state index in [0.717, 1.165) is 0 Å². The van der Waals surface area contributed by atoms with E-state index in [0.29, 0.717) is 5.69 Å². The Bertz CT molecular complexity index is 815. The molecule has 2 N–H and O–H groups in total. The van der Waals surface area contributed by atoms with Crippen LogP contribution in [0.4, 0.5) is 5.69 Å². The summed E-state index contributed by atoms with van der Waals surface area (Å²) in [6.07, 6.45) is 1.92. The number of anilines is 1. The number of nitrogens with zero attached hydrogens (tertiary/aromatic N) is 2. The summed E-state index contributed by atoms with van der Waals surface area (Å²) in [5.74, 6) is -0.644. The molecule has 0 atom stereocenters. The first-order chi connectivity index (χ1) is 12.6. The van der Waals surface area contributed by atoms with Gasteiger partial charge in [-0.1, -0.05) is 18.2 Å². The van der Waals surface area contributed by atoms with Gasteiger partial charge in [-0.2, -0.15) is 5.10 Å². The number of rotatable bonds is 6. The maximum absolute atomic E-state index is 12.2. The minimum Gasteiger partial charge on any atom is -0.459 e. The van der Waals surface area contributed by atoms with Crippen molar-refractivity contribution in [2.24, 2.45) is 5.10 Å². The summed E-state index contributed by atoms with van der Waals surface area (Å²) in [4.78, 5) is 36.0. The van der Waals surface area contributed by atoms with Gasteiger partial charge in [0.05, 0.1) is 12.0 Å². The molecule has 134 valence electrons. The number of hydrogen-bond acceptors (Lipinski definition) is 5. The van der Waals surface area contributed by atoms with Gasteiger partial charge in [0.15, 0.2) is 5.76 Å². The Morgan fingerprint density at radius 3 is 2.42 bits per heavy atom. The van der Waals surface area contributed by atoms with Crippen molar-refractivity contribution in [2.75, 3.05) is 18.1 Å². The summed E-state index contributed by atoms with van der Waals surface area (Å²) >= 11 is 0. The molecule has 0 unspecified atom stereocenters. The molecule has 2 aromatic rings. The third-order valence-corrected chi connectivity index (χ3v) is 3.74. The van der Waals surface area contributed by atoms with Gasteiger partial charge in [-0.3, -0.25) is 14.4 Å². The normalized spacial score (nSPS) is 13.9. The summed E-state index contributed by atoms with van der Waals surface area (Å²) < 4.78 is 4.98. The molecule has 0 bridgehead atoms. The molecular formula is C18H18N4O4. The predicted octanol–water partition coefficient (Wildman–Crippen LogP) is 1.31. The molecular weight excluding hydrogens is 336 g/mol. The van der Waals surface area contributed by atoms with Crippen LogP contribution in [0.25, 0.3) is 0 Å². The number of benzene rings is 1. The Hall–Kier alpha value is -3.42. The maximum atomic E-state index is 12.2. The smallest absolute Gasteiger partial charge is 0.287 e. The fraction of sp³-hybridized carbons (Fsp3) is 0.222. The second-order valence-electron chi connectivity index (χ2n) is 5.58. The number of furan rings is 1. The van der Waals surface area contributed by atoms with Gasteiger partial charge in [0.25, 0.3) is 11.8 Å². The van der Waals surface area contributed by atoms with Crippen molar-refractivity contribution >= 4 is 29.1 Å². The monoisotopic (exact) mass is 354 g/mol. The van der Waals surface area contributed by atoms with E-state index in [9.17, 15) is 14.4 Å². The summed E-state index contributed by atoms with van der Waals surface area (Å²) in [6, 6.07) is 12.1. The Morgan fingerprint density at radius 1 is 1.00 bits per heavy atom. The molecule has 1 aromatic heterocycles. The summed E-state index contributed by atoms with van der Waals surface area (Å²) in [6.45, 7) is 0.490. The Balaban J connectivity index is 1.52. The molecule has 0 aliphatic carbocycles. The highest BCUT2D eigenvalue weighted by Crippen LogP contribution is 2.19. The molecule has 2 heterocycles. The number of hydrogen-bond donors (Lipinski definition) is 2. The highest BCUT2D eigenvalue weighted by molar-refractivity contribution is 6.40. The fourth-order valence-electron chi connectivity index (χ4n) is 2.44. The van der Waals surface area contributed by atoms with E-state index in [1.807, 2.05) is 6.07 Å². The fourth-order valence-corrected chi connectivity index (χ4v) is 2.44. The lowest BCUT2D eigenvalue weighted by Crippen LogP contribution is -2.41. The first-order valence-electron chi connectivity index (χ1n) is 8.20. The highest BCUT2D eigenvalue weighted by Gasteiger charge is 2.25. The topological polar surface area (TPSA) is 104 Å². The van der Waals surface area contributed by atoms with Crippen LogP contribution >= 0.6 is 0 Å². The van der Waals surface area contributed by atoms with Crippen molar-refractivity contribution < 1.29 is 18.8 Å². The van der Waals surface area contributed by atoms with E-state index >= 15 is 0 Å². The molecule has 0 fully saturated rings. The molecule has 3 amide bonds. The molecule has 3 rings (SSSR count). The van der Waals surface area contributed by atoms with Crippen LogP contribution in [0.2, 0.25) is 0 Å². The highest BCUT2D eigenvalue weighted by atomic mass is 16.3. The van der Waals surface area contributed by atoms with Gasteiger partial charge in [0.1, 0.15) is 5.71 Å². The van der Waals surface area contributed by atoms with Crippen molar-refractivity contribution in [3.8, 4) is 0 Å². The lowest BCUT2D eigenvalue weighted by molar-refractivity contribution is -0.118. The van der Waals surface area contributed by atoms with Gasteiger partial charge in [-0.25, -0.2) is 5.01 Å². The molecule has 1 aliphatic heterocycles. The lowest BCUT2D eigenvalue weighted by Gasteiger charge is -2.23. The van der Waals surface area contributed by atoms with E-state index in [2.05, 4.69) is 15.7 Å². The number of nitrogens with one attached hydrogen (secondary N) is 2. The van der Waals surface area contributed by atoms with Crippen LogP contribution in [0.3, 0.4) is 0 Å². The van der Waals surface area contributed by atoms with Gasteiger partial charge in [0.2, 0.25) is 5.91 Å². The van der Waals surface area contributed by atoms with Crippen LogP contribution in [0.5, 0.6) is 0 Å². The molecule has 0 radical (unpaired) electrons. The van der Waals surface area contributed by atoms with Crippen LogP contribution in [0.1, 0.15) is 23.4 Å². The van der Waals surface area contributed by atoms with Gasteiger partial charge >= 0.3 is 0 Å². The SMILES string of the molecule is O=C(NCCNC(=O)c1ccco1)C1=NN(c2ccccc2)C(=O)CC1. The van der Waals surface area contributed by atoms with Gasteiger partial charge < -0.3 is 15.1 Å². The van der Waals surface area contributed by atoms with E-state index in [-0.39, 0.29) is 55.1 Å². The van der Waals surface area contributed by atoms with Crippen molar-refractivity contribution in [2.45, 2.75) is 12.8 Å². The van der Waals surface area contributed by atoms with Gasteiger partial charge in [-0.05, 0) is 24.3 Å². The van der Waals surface area contributed by atoms with Crippen LogP contribution < -0.4 is 15.6 Å². The third-order valence-electron chi connectivity index (χ3n) is 3.74. The largest absolute Gasteiger partial charge is 0.459 e. The Morgan fingerprint density at radius 2 is 1.73 bits per heavy atom. The molecule has 1 aromatic carbocycles. The molecule has 8 nitrogen and oxygen atoms in total. The average molecular weight is 354 g/mol. The number of carbonyl (C=O) groups excluding carboxylic acids is 3. The third kappa shape index (κ3) is 4.15. The minimum atomic E-state index is -0.356. The van der Waals surface area contributed by atoms with Gasteiger partial charge in [-0.15, -0.1) is 0 Å². The van der Waals surface area contributed by atoms with Crippen molar-refractivity contribution in [1.82, 2.24) is 10.6 Å². The molecule has 0 saturated heterocycles. The Kier molecular flexibility index (Phi) is 5.43. The number of hydrazone groups is 1. The quantitative estimate of drug-likeness (QED) is 0.763. The van der Waals surface area contributed by atoms with E-state index < -0.39 is 0 Å². The van der Waals surface area contributed by atoms with Crippen molar-refractivity contribution in [1.29, 1.82) is 0 Å². The van der Waals surface area contributed by atoms with Crippen molar-refractivity contribution in [3.05, 3.63) is 54.5 Å². The summed E-state index contributed by atoms with van der Waals surface area (Å²) in [7, 11) is 0. The summed E-state index contributed by atoms with van der Waals surface area (Å²) in [5.41, 5.74) is 0.902. The molecule has 26 heavy (non-hydrogen) atoms. The maximum Gasteiger partial charge on any atom is 0.287 e. The van der Waals surface area contributed by atoms with Gasteiger partial charge in [0, 0.05) is 25.9 Å². The molecule has 0 saturated carbocycles. The number of carbonyl (C=O) groups is 3. The molecule has 0 spiro atoms. The second-order valence-corrected chi connectivity index (χ2v) is 5.58. The van der Waals surface area contributed by atoms with Crippen LogP contribution in [-0.4, -0.2) is 36.5 Å². The second kappa shape index (κ2) is 8.11. The van der Waals surface area contributed by atoms with E-state index in [1.165, 1.54) is 11.3 Å². The molecule has 1 aliphatic rings. The van der Waals surface area contributed by atoms with Crippen LogP contribution in [0.15, 0.2) is 58.2 Å². The zero-order chi connectivity index (χ0) is 18.4. The lowest BCUT2D eigenvalue weighted by atomic mass is 10.1. The van der Waals surface area contributed by atoms with E-state index in [4.69, 9.17) is 4.42 Å². The van der Waals surface area contributed by atoms with Crippen molar-refractivity contribution in [3.63, 3.8) is 0 Å².